The van der Waals surface area contributed by atoms with E-state index >= 15 is 0 Å². The quantitative estimate of drug-likeness (QED) is 0.441. The molecule has 12 atom stereocenters. The molecule has 3 aliphatic heterocycles. The summed E-state index contributed by atoms with van der Waals surface area (Å²) in [5.41, 5.74) is -0.371. The Labute approximate surface area is 252 Å². The van der Waals surface area contributed by atoms with E-state index in [1.807, 2.05) is 0 Å². The summed E-state index contributed by atoms with van der Waals surface area (Å²) in [6.45, 7) is 13.4. The van der Waals surface area contributed by atoms with Gasteiger partial charge in [-0.3, -0.25) is 19.7 Å². The van der Waals surface area contributed by atoms with Crippen molar-refractivity contribution >= 4 is 17.6 Å². The second kappa shape index (κ2) is 10.5. The Morgan fingerprint density at radius 3 is 2.55 bits per heavy atom. The number of nitrogens with zero attached hydrogens (tertiary/aromatic N) is 1. The number of amides is 2. The van der Waals surface area contributed by atoms with Gasteiger partial charge in [0.2, 0.25) is 11.8 Å². The molecular formula is C34H54N4O4. The molecule has 3 heterocycles. The number of nitrogens with one attached hydrogen (secondary N) is 3. The Hall–Kier alpha value is -1.51. The van der Waals surface area contributed by atoms with Crippen molar-refractivity contribution in [1.29, 1.82) is 0 Å². The van der Waals surface area contributed by atoms with Crippen LogP contribution in [0.2, 0.25) is 0 Å². The highest BCUT2D eigenvalue weighted by Crippen LogP contribution is 2.70. The molecule has 1 spiro atoms. The number of hydrogen-bond donors (Lipinski definition) is 3. The molecule has 7 aliphatic rings. The van der Waals surface area contributed by atoms with Crippen molar-refractivity contribution in [2.45, 2.75) is 110 Å². The zero-order valence-electron chi connectivity index (χ0n) is 26.4. The van der Waals surface area contributed by atoms with E-state index in [1.54, 1.807) is 4.90 Å². The normalized spacial score (nSPS) is 50.0. The van der Waals surface area contributed by atoms with Gasteiger partial charge in [-0.2, -0.15) is 0 Å². The fourth-order valence-corrected chi connectivity index (χ4v) is 11.7. The van der Waals surface area contributed by atoms with Crippen molar-refractivity contribution < 1.29 is 19.1 Å². The van der Waals surface area contributed by atoms with Gasteiger partial charge in [0.15, 0.2) is 0 Å². The highest BCUT2D eigenvalue weighted by molar-refractivity contribution is 5.97. The Balaban J connectivity index is 1.01. The standard InChI is InChI=1S/C34H54N4O4/c1-20-7-10-34(36-19-20)21(2)31-27(42-34)16-26-24-6-5-22-15-23(37-29(40)18-30(41)38-13-11-35-12-14-38)8-9-32(22,3)25(24)17-28(39)33(26,31)4/h20-27,31,35-36H,5-19H2,1-4H3,(H,37,40)/t20-,21+,22+,23?,24-,25+,26+,27+,31+,32+,33-,34-/m1/s1. The smallest absolute Gasteiger partial charge is 0.232 e. The van der Waals surface area contributed by atoms with E-state index < -0.39 is 0 Å². The zero-order chi connectivity index (χ0) is 29.4. The van der Waals surface area contributed by atoms with Crippen LogP contribution in [0.3, 0.4) is 0 Å². The summed E-state index contributed by atoms with van der Waals surface area (Å²) in [5.74, 6) is 3.64. The highest BCUT2D eigenvalue weighted by Gasteiger charge is 2.71. The second-order valence-corrected chi connectivity index (χ2v) is 16.0. The van der Waals surface area contributed by atoms with Gasteiger partial charge >= 0.3 is 0 Å². The van der Waals surface area contributed by atoms with E-state index in [2.05, 4.69) is 43.6 Å². The van der Waals surface area contributed by atoms with Gasteiger partial charge in [0, 0.05) is 62.4 Å². The Kier molecular flexibility index (Phi) is 7.33. The van der Waals surface area contributed by atoms with Gasteiger partial charge in [-0.05, 0) is 86.4 Å². The van der Waals surface area contributed by atoms with Crippen LogP contribution in [0.4, 0.5) is 0 Å². The fraction of sp³-hybridized carbons (Fsp3) is 0.912. The van der Waals surface area contributed by atoms with Crippen molar-refractivity contribution in [2.75, 3.05) is 32.7 Å². The molecule has 234 valence electrons. The Morgan fingerprint density at radius 1 is 1.02 bits per heavy atom. The zero-order valence-corrected chi connectivity index (χ0v) is 26.4. The number of rotatable bonds is 3. The monoisotopic (exact) mass is 582 g/mol. The highest BCUT2D eigenvalue weighted by atomic mass is 16.5. The van der Waals surface area contributed by atoms with Gasteiger partial charge in [-0.25, -0.2) is 0 Å². The lowest BCUT2D eigenvalue weighted by Crippen LogP contribution is -2.60. The summed E-state index contributed by atoms with van der Waals surface area (Å²) >= 11 is 0. The van der Waals surface area contributed by atoms with Crippen LogP contribution in [0.15, 0.2) is 0 Å². The van der Waals surface area contributed by atoms with Gasteiger partial charge in [0.25, 0.3) is 0 Å². The SMILES string of the molecule is C[C@@H]1CC[C@@]2(NC1)O[C@H]1C[C@H]3[C@@H]4CC[C@H]5CC(NC(=O)CC(=O)N6CCNCC6)CC[C@]5(C)[C@H]4CC(=O)[C@]3(C)[C@H]1[C@@H]2C. The third kappa shape index (κ3) is 4.43. The molecule has 0 aromatic heterocycles. The number of carbonyl (C=O) groups is 3. The molecule has 3 saturated heterocycles. The summed E-state index contributed by atoms with van der Waals surface area (Å²) in [5, 5.41) is 10.3. The van der Waals surface area contributed by atoms with Crippen molar-refractivity contribution in [1.82, 2.24) is 20.9 Å². The molecule has 2 amide bonds. The first-order valence-corrected chi connectivity index (χ1v) is 17.3. The van der Waals surface area contributed by atoms with E-state index in [4.69, 9.17) is 4.74 Å². The maximum atomic E-state index is 14.4. The van der Waals surface area contributed by atoms with E-state index in [9.17, 15) is 14.4 Å². The minimum atomic E-state index is -0.273. The molecule has 1 unspecified atom stereocenters. The maximum Gasteiger partial charge on any atom is 0.232 e. The number of piperazine rings is 1. The fourth-order valence-electron chi connectivity index (χ4n) is 11.7. The minimum Gasteiger partial charge on any atom is -0.357 e. The summed E-state index contributed by atoms with van der Waals surface area (Å²) in [6, 6.07) is 0.134. The molecule has 8 nitrogen and oxygen atoms in total. The number of carbonyl (C=O) groups excluding carboxylic acids is 3. The van der Waals surface area contributed by atoms with Crippen LogP contribution >= 0.6 is 0 Å². The Bertz CT molecular complexity index is 1100. The average molecular weight is 583 g/mol. The van der Waals surface area contributed by atoms with Crippen molar-refractivity contribution in [3.05, 3.63) is 0 Å². The molecule has 42 heavy (non-hydrogen) atoms. The lowest BCUT2D eigenvalue weighted by Gasteiger charge is -2.60. The predicted molar refractivity (Wildman–Crippen MR) is 160 cm³/mol. The van der Waals surface area contributed by atoms with Crippen molar-refractivity contribution in [3.8, 4) is 0 Å². The van der Waals surface area contributed by atoms with Crippen molar-refractivity contribution in [3.63, 3.8) is 0 Å². The molecule has 8 heteroatoms. The third-order valence-corrected chi connectivity index (χ3v) is 14.2. The van der Waals surface area contributed by atoms with Crippen LogP contribution in [0, 0.1) is 52.3 Å². The van der Waals surface area contributed by atoms with E-state index in [-0.39, 0.29) is 46.9 Å². The molecule has 0 bridgehead atoms. The van der Waals surface area contributed by atoms with Gasteiger partial charge < -0.3 is 20.3 Å². The van der Waals surface area contributed by atoms with Gasteiger partial charge in [-0.1, -0.05) is 27.7 Å². The Morgan fingerprint density at radius 2 is 1.81 bits per heavy atom. The predicted octanol–water partition coefficient (Wildman–Crippen LogP) is 3.49. The molecule has 0 radical (unpaired) electrons. The number of Topliss-reactive ketones (excluding diaryl/α,β-unsaturated/α-hetero) is 1. The maximum absolute atomic E-state index is 14.4. The second-order valence-electron chi connectivity index (χ2n) is 16.0. The molecule has 3 N–H and O–H groups in total. The summed E-state index contributed by atoms with van der Waals surface area (Å²) in [6.07, 6.45) is 9.50. The molecule has 4 aliphatic carbocycles. The van der Waals surface area contributed by atoms with E-state index in [1.165, 1.54) is 19.3 Å². The first-order chi connectivity index (χ1) is 20.0. The molecule has 0 aromatic rings. The van der Waals surface area contributed by atoms with Crippen LogP contribution in [-0.4, -0.2) is 73.1 Å². The van der Waals surface area contributed by atoms with Crippen LogP contribution in [0.25, 0.3) is 0 Å². The molecule has 0 aromatic carbocycles. The van der Waals surface area contributed by atoms with Crippen LogP contribution in [0.5, 0.6) is 0 Å². The first-order valence-electron chi connectivity index (χ1n) is 17.3. The van der Waals surface area contributed by atoms with Crippen LogP contribution in [0.1, 0.15) is 91.9 Å². The molecule has 7 rings (SSSR count). The third-order valence-electron chi connectivity index (χ3n) is 14.2. The van der Waals surface area contributed by atoms with Crippen LogP contribution in [-0.2, 0) is 19.1 Å². The van der Waals surface area contributed by atoms with Crippen LogP contribution < -0.4 is 16.0 Å². The summed E-state index contributed by atoms with van der Waals surface area (Å²) < 4.78 is 6.97. The average Bonchev–Trinajstić information content (AvgIpc) is 3.42. The van der Waals surface area contributed by atoms with Gasteiger partial charge in [-0.15, -0.1) is 0 Å². The largest absolute Gasteiger partial charge is 0.357 e. The summed E-state index contributed by atoms with van der Waals surface area (Å²) in [4.78, 5) is 41.6. The number of hydrogen-bond acceptors (Lipinski definition) is 6. The van der Waals surface area contributed by atoms with Gasteiger partial charge in [0.1, 0.15) is 17.9 Å². The van der Waals surface area contributed by atoms with E-state index in [0.29, 0.717) is 66.7 Å². The molecular weight excluding hydrogens is 528 g/mol. The molecule has 7 fully saturated rings. The van der Waals surface area contributed by atoms with E-state index in [0.717, 1.165) is 51.7 Å². The van der Waals surface area contributed by atoms with Crippen molar-refractivity contribution in [2.24, 2.45) is 52.3 Å². The number of ketones is 1. The molecule has 4 saturated carbocycles. The number of ether oxygens (including phenoxy) is 1. The number of piperidine rings is 1. The lowest BCUT2D eigenvalue weighted by molar-refractivity contribution is -0.160. The lowest BCUT2D eigenvalue weighted by atomic mass is 9.44. The first kappa shape index (κ1) is 29.2. The van der Waals surface area contributed by atoms with Gasteiger partial charge in [0.05, 0.1) is 6.10 Å². The number of fused-ring (bicyclic) bond motifs is 7. The summed E-state index contributed by atoms with van der Waals surface area (Å²) in [7, 11) is 0. The minimum absolute atomic E-state index is 0.0451. The topological polar surface area (TPSA) is 99.8 Å².